The zero-order chi connectivity index (χ0) is 30.2. The number of aryl methyl sites for hydroxylation is 2. The van der Waals surface area contributed by atoms with Crippen LogP contribution < -0.4 is 9.80 Å². The average Bonchev–Trinajstić information content (AvgIpc) is 3.61. The Morgan fingerprint density at radius 1 is 0.659 bits per heavy atom. The smallest absolute Gasteiger partial charge is 0.366 e. The van der Waals surface area contributed by atoms with Crippen LogP contribution in [0.2, 0.25) is 0 Å². The summed E-state index contributed by atoms with van der Waals surface area (Å²) in [5.41, 5.74) is 2.77. The normalized spacial score (nSPS) is 9.41. The SMILES string of the molecule is CCC(=O)N(C)c1ccc(F)[c-]c1F.CCC(=O)N(C)c1ccc(F)[c-]c1F.C[c-]1cccc1.C[c-]1cccc1.[Ti+4]. The summed E-state index contributed by atoms with van der Waals surface area (Å²) in [5, 5.41) is 0. The van der Waals surface area contributed by atoms with E-state index in [1.54, 1.807) is 13.8 Å². The van der Waals surface area contributed by atoms with Crippen molar-refractivity contribution in [3.8, 4) is 0 Å². The van der Waals surface area contributed by atoms with Crippen molar-refractivity contribution in [3.63, 3.8) is 0 Å². The molecule has 0 fully saturated rings. The van der Waals surface area contributed by atoms with E-state index in [1.807, 2.05) is 36.4 Å². The zero-order valence-electron chi connectivity index (χ0n) is 24.1. The van der Waals surface area contributed by atoms with Crippen molar-refractivity contribution < 1.29 is 48.9 Å². The fraction of sp³-hybridized carbons (Fsp3) is 0.250. The molecule has 9 heteroatoms. The topological polar surface area (TPSA) is 40.6 Å². The van der Waals surface area contributed by atoms with E-state index >= 15 is 0 Å². The minimum Gasteiger partial charge on any atom is -0.366 e. The molecule has 0 aliphatic carbocycles. The molecule has 41 heavy (non-hydrogen) atoms. The fourth-order valence-electron chi connectivity index (χ4n) is 3.07. The molecule has 4 nitrogen and oxygen atoms in total. The van der Waals surface area contributed by atoms with Crippen LogP contribution in [0.25, 0.3) is 0 Å². The van der Waals surface area contributed by atoms with Crippen LogP contribution in [-0.2, 0) is 31.3 Å². The first-order valence-electron chi connectivity index (χ1n) is 12.6. The summed E-state index contributed by atoms with van der Waals surface area (Å²) in [6.07, 6.45) is 0.542. The van der Waals surface area contributed by atoms with Gasteiger partial charge in [0.25, 0.3) is 0 Å². The first-order chi connectivity index (χ1) is 18.9. The first-order valence-corrected chi connectivity index (χ1v) is 12.6. The van der Waals surface area contributed by atoms with Crippen LogP contribution in [0.3, 0.4) is 0 Å². The van der Waals surface area contributed by atoms with E-state index in [1.165, 1.54) is 37.4 Å². The molecule has 0 unspecified atom stereocenters. The van der Waals surface area contributed by atoms with Crippen LogP contribution in [0.5, 0.6) is 0 Å². The summed E-state index contributed by atoms with van der Waals surface area (Å²) in [4.78, 5) is 24.7. The Balaban J connectivity index is 0.000000552. The van der Waals surface area contributed by atoms with Gasteiger partial charge in [-0.15, -0.1) is 36.4 Å². The van der Waals surface area contributed by atoms with Crippen LogP contribution in [0.15, 0.2) is 72.8 Å². The van der Waals surface area contributed by atoms with Crippen LogP contribution in [0.1, 0.15) is 37.8 Å². The molecule has 0 radical (unpaired) electrons. The van der Waals surface area contributed by atoms with E-state index < -0.39 is 23.3 Å². The number of carbonyl (C=O) groups excluding carboxylic acids is 2. The van der Waals surface area contributed by atoms with Crippen molar-refractivity contribution in [2.75, 3.05) is 23.9 Å². The number of anilines is 2. The number of carbonyl (C=O) groups is 2. The van der Waals surface area contributed by atoms with Crippen LogP contribution in [0.4, 0.5) is 28.9 Å². The zero-order valence-corrected chi connectivity index (χ0v) is 25.6. The summed E-state index contributed by atoms with van der Waals surface area (Å²) in [7, 11) is 2.88. The predicted octanol–water partition coefficient (Wildman–Crippen LogP) is 7.70. The monoisotopic (exact) mass is 602 g/mol. The molecule has 0 spiro atoms. The Kier molecular flexibility index (Phi) is 17.9. The second-order valence-corrected chi connectivity index (χ2v) is 8.55. The molecular weight excluding hydrogens is 568 g/mol. The molecule has 0 saturated carbocycles. The Bertz CT molecular complexity index is 1210. The maximum absolute atomic E-state index is 13.1. The van der Waals surface area contributed by atoms with Crippen LogP contribution >= 0.6 is 0 Å². The standard InChI is InChI=1S/2C10H10F2NO.2C6H7.Ti/c2*1-3-10(14)13(2)9-5-4-7(11)6-8(9)12;2*1-6-4-2-3-5-6;/h2*4-5H,3H2,1-2H3;2*2-5H,1H3;/q4*-1;+4. The van der Waals surface area contributed by atoms with Gasteiger partial charge < -0.3 is 9.80 Å². The van der Waals surface area contributed by atoms with Gasteiger partial charge in [-0.1, -0.05) is 27.7 Å². The summed E-state index contributed by atoms with van der Waals surface area (Å²) in [6, 6.07) is 24.8. The quantitative estimate of drug-likeness (QED) is 0.137. The van der Waals surface area contributed by atoms with Gasteiger partial charge in [-0.05, 0) is 11.4 Å². The van der Waals surface area contributed by atoms with Crippen molar-refractivity contribution in [2.45, 2.75) is 40.5 Å². The Morgan fingerprint density at radius 2 is 0.951 bits per heavy atom. The van der Waals surface area contributed by atoms with Gasteiger partial charge >= 0.3 is 21.7 Å². The van der Waals surface area contributed by atoms with Crippen molar-refractivity contribution in [1.29, 1.82) is 0 Å². The minimum absolute atomic E-state index is 0. The van der Waals surface area contributed by atoms with Gasteiger partial charge in [0.05, 0.1) is 0 Å². The molecule has 0 aliphatic rings. The van der Waals surface area contributed by atoms with Crippen molar-refractivity contribution in [2.24, 2.45) is 0 Å². The molecule has 0 bridgehead atoms. The molecule has 0 N–H and O–H groups in total. The summed E-state index contributed by atoms with van der Waals surface area (Å²) in [6.45, 7) is 7.51. The summed E-state index contributed by atoms with van der Waals surface area (Å²) in [5.74, 6) is -3.72. The molecule has 0 aromatic heterocycles. The maximum atomic E-state index is 13.1. The Hall–Kier alpha value is -3.49. The van der Waals surface area contributed by atoms with E-state index in [9.17, 15) is 27.2 Å². The fourth-order valence-corrected chi connectivity index (χ4v) is 3.07. The third kappa shape index (κ3) is 13.6. The van der Waals surface area contributed by atoms with E-state index in [-0.39, 0.29) is 57.7 Å². The number of rotatable bonds is 4. The van der Waals surface area contributed by atoms with Gasteiger partial charge in [-0.25, -0.2) is 41.8 Å². The van der Waals surface area contributed by atoms with Crippen molar-refractivity contribution >= 4 is 23.2 Å². The van der Waals surface area contributed by atoms with Gasteiger partial charge in [0.1, 0.15) is 0 Å². The molecule has 0 atom stereocenters. The predicted molar refractivity (Wildman–Crippen MR) is 151 cm³/mol. The molecule has 0 saturated heterocycles. The minimum atomic E-state index is -0.852. The largest absolute Gasteiger partial charge is 4.00 e. The number of nitrogens with zero attached hydrogens (tertiary/aromatic N) is 2. The van der Waals surface area contributed by atoms with Gasteiger partial charge in [-0.3, -0.25) is 9.59 Å². The Labute approximate surface area is 255 Å². The van der Waals surface area contributed by atoms with Crippen LogP contribution in [-0.4, -0.2) is 25.9 Å². The molecule has 4 aromatic carbocycles. The third-order valence-electron chi connectivity index (χ3n) is 5.42. The maximum Gasteiger partial charge on any atom is 4.00 e. The molecule has 216 valence electrons. The molecule has 2 amide bonds. The second kappa shape index (κ2) is 19.6. The number of amides is 2. The van der Waals surface area contributed by atoms with Crippen LogP contribution in [0, 0.1) is 49.2 Å². The van der Waals surface area contributed by atoms with E-state index in [0.29, 0.717) is 0 Å². The third-order valence-corrected chi connectivity index (χ3v) is 5.42. The number of benzene rings is 2. The van der Waals surface area contributed by atoms with Crippen molar-refractivity contribution in [3.05, 3.63) is 119 Å². The number of hydrogen-bond donors (Lipinski definition) is 0. The van der Waals surface area contributed by atoms with Gasteiger partial charge in [0.2, 0.25) is 11.8 Å². The molecule has 0 aliphatic heterocycles. The second-order valence-electron chi connectivity index (χ2n) is 8.55. The summed E-state index contributed by atoms with van der Waals surface area (Å²) < 4.78 is 51.2. The van der Waals surface area contributed by atoms with Crippen molar-refractivity contribution in [1.82, 2.24) is 0 Å². The van der Waals surface area contributed by atoms with Gasteiger partial charge in [0.15, 0.2) is 0 Å². The molecular formula is C32H34F4N2O2Ti. The average molecular weight is 602 g/mol. The molecule has 0 heterocycles. The number of hydrogen-bond acceptors (Lipinski definition) is 2. The number of halogens is 4. The van der Waals surface area contributed by atoms with E-state index in [2.05, 4.69) is 38.1 Å². The van der Waals surface area contributed by atoms with Gasteiger partial charge in [-0.2, -0.15) is 35.4 Å². The van der Waals surface area contributed by atoms with E-state index in [4.69, 9.17) is 0 Å². The van der Waals surface area contributed by atoms with Gasteiger partial charge in [0, 0.05) is 50.2 Å². The Morgan fingerprint density at radius 3 is 1.15 bits per heavy atom. The molecule has 4 aromatic rings. The first kappa shape index (κ1) is 37.5. The summed E-state index contributed by atoms with van der Waals surface area (Å²) >= 11 is 0. The van der Waals surface area contributed by atoms with E-state index in [0.717, 1.165) is 21.9 Å². The molecule has 4 rings (SSSR count).